The third kappa shape index (κ3) is 5.27. The quantitative estimate of drug-likeness (QED) is 0.317. The van der Waals surface area contributed by atoms with E-state index in [0.29, 0.717) is 29.9 Å². The van der Waals surface area contributed by atoms with Crippen LogP contribution >= 0.6 is 0 Å². The number of piperidine rings is 1. The lowest BCUT2D eigenvalue weighted by molar-refractivity contribution is -0.140. The molecule has 7 rings (SSSR count). The van der Waals surface area contributed by atoms with Gasteiger partial charge in [0.15, 0.2) is 6.23 Å². The Hall–Kier alpha value is -3.58. The van der Waals surface area contributed by atoms with Gasteiger partial charge in [0.05, 0.1) is 17.5 Å². The number of rotatable bonds is 5. The zero-order valence-corrected chi connectivity index (χ0v) is 25.7. The van der Waals surface area contributed by atoms with Gasteiger partial charge < -0.3 is 23.2 Å². The number of amides is 1. The summed E-state index contributed by atoms with van der Waals surface area (Å²) in [5.41, 5.74) is -0.0448. The predicted octanol–water partition coefficient (Wildman–Crippen LogP) is 5.88. The molecule has 4 heterocycles. The molecule has 9 nitrogen and oxygen atoms in total. The molecule has 1 spiro atoms. The summed E-state index contributed by atoms with van der Waals surface area (Å²) < 4.78 is 82.1. The first kappa shape index (κ1) is 30.1. The van der Waals surface area contributed by atoms with Crippen molar-refractivity contribution in [2.45, 2.75) is 81.8 Å². The first-order valence-electron chi connectivity index (χ1n) is 15.2. The van der Waals surface area contributed by atoms with Gasteiger partial charge in [0.2, 0.25) is 5.91 Å². The van der Waals surface area contributed by atoms with Crippen LogP contribution in [0, 0.1) is 18.3 Å². The molecule has 2 unspecified atom stereocenters. The molecule has 4 atom stereocenters. The van der Waals surface area contributed by atoms with Crippen LogP contribution in [0.25, 0.3) is 0 Å². The summed E-state index contributed by atoms with van der Waals surface area (Å²) in [6.45, 7) is 5.56. The number of alkyl halides is 3. The van der Waals surface area contributed by atoms with Crippen molar-refractivity contribution < 1.29 is 39.8 Å². The van der Waals surface area contributed by atoms with Gasteiger partial charge in [-0.25, -0.2) is 0 Å². The van der Waals surface area contributed by atoms with Gasteiger partial charge in [-0.3, -0.25) is 4.79 Å². The van der Waals surface area contributed by atoms with Crippen molar-refractivity contribution in [2.24, 2.45) is 11.3 Å². The molecule has 2 aromatic carbocycles. The van der Waals surface area contributed by atoms with E-state index in [2.05, 4.69) is 10.1 Å². The molecule has 3 fully saturated rings. The first-order valence-corrected chi connectivity index (χ1v) is 16.6. The molecule has 4 aliphatic rings. The summed E-state index contributed by atoms with van der Waals surface area (Å²) in [7, 11) is -4.03. The lowest BCUT2D eigenvalue weighted by Gasteiger charge is -2.36. The van der Waals surface area contributed by atoms with Gasteiger partial charge >= 0.3 is 16.3 Å². The second-order valence-electron chi connectivity index (χ2n) is 12.8. The van der Waals surface area contributed by atoms with Crippen molar-refractivity contribution in [1.82, 2.24) is 15.0 Å². The van der Waals surface area contributed by atoms with Crippen molar-refractivity contribution in [3.63, 3.8) is 0 Å². The monoisotopic (exact) mass is 645 g/mol. The number of hydrogen-bond donors (Lipinski definition) is 0. The van der Waals surface area contributed by atoms with Crippen LogP contribution in [0.1, 0.15) is 67.4 Å². The normalized spacial score (nSPS) is 27.4. The summed E-state index contributed by atoms with van der Waals surface area (Å²) in [4.78, 5) is 17.9. The molecule has 0 bridgehead atoms. The van der Waals surface area contributed by atoms with E-state index in [1.165, 1.54) is 18.2 Å². The molecule has 13 heteroatoms. The minimum absolute atomic E-state index is 0.0322. The van der Waals surface area contributed by atoms with Gasteiger partial charge in [-0.15, -0.1) is 0 Å². The lowest BCUT2D eigenvalue weighted by atomic mass is 9.76. The van der Waals surface area contributed by atoms with Crippen LogP contribution in [0.15, 0.2) is 57.9 Å². The molecule has 1 aromatic heterocycles. The highest BCUT2D eigenvalue weighted by Crippen LogP contribution is 2.56. The minimum Gasteiger partial charge on any atom is -0.470 e. The Bertz CT molecular complexity index is 1720. The molecule has 1 aliphatic carbocycles. The van der Waals surface area contributed by atoms with E-state index in [0.717, 1.165) is 50.0 Å². The smallest absolute Gasteiger partial charge is 0.416 e. The molecule has 0 radical (unpaired) electrons. The molecule has 1 amide bonds. The van der Waals surface area contributed by atoms with E-state index in [1.807, 2.05) is 13.8 Å². The van der Waals surface area contributed by atoms with Crippen molar-refractivity contribution in [3.05, 3.63) is 71.0 Å². The number of hydrogen-bond acceptors (Lipinski definition) is 8. The van der Waals surface area contributed by atoms with Crippen LogP contribution in [0.2, 0.25) is 0 Å². The third-order valence-corrected chi connectivity index (χ3v) is 11.5. The Morgan fingerprint density at radius 3 is 2.49 bits per heavy atom. The van der Waals surface area contributed by atoms with Crippen molar-refractivity contribution in [1.29, 1.82) is 0 Å². The lowest BCUT2D eigenvalue weighted by Crippen LogP contribution is -2.42. The number of likely N-dealkylation sites (tertiary alicyclic amines) is 1. The van der Waals surface area contributed by atoms with Crippen LogP contribution in [-0.2, 0) is 27.6 Å². The Balaban J connectivity index is 0.974. The maximum absolute atomic E-state index is 13.9. The molecule has 3 aliphatic heterocycles. The molecular weight excluding hydrogens is 611 g/mol. The minimum atomic E-state index is -4.46. The number of nitrogens with zero attached hydrogens (tertiary/aromatic N) is 3. The van der Waals surface area contributed by atoms with Gasteiger partial charge in [-0.05, 0) is 87.6 Å². The fourth-order valence-electron chi connectivity index (χ4n) is 7.66. The fraction of sp³-hybridized carbons (Fsp3) is 0.500. The second kappa shape index (κ2) is 10.8. The van der Waals surface area contributed by atoms with Crippen LogP contribution in [-0.4, -0.2) is 54.6 Å². The Kier molecular flexibility index (Phi) is 7.19. The SMILES string of the molecule is Cc1ccc(S(=O)(=O)Oc2cc(C3CCN([C@@H]4CC[C@@]5(C4)C(=O)N4Cc6cc(C(F)(F)F)ccc6OC4C5C)CC3)on2)cc1. The number of aromatic nitrogens is 1. The highest BCUT2D eigenvalue weighted by atomic mass is 32.2. The molecule has 240 valence electrons. The molecule has 45 heavy (non-hydrogen) atoms. The van der Waals surface area contributed by atoms with Crippen LogP contribution < -0.4 is 8.92 Å². The van der Waals surface area contributed by atoms with E-state index < -0.39 is 33.5 Å². The van der Waals surface area contributed by atoms with E-state index in [4.69, 9.17) is 13.4 Å². The van der Waals surface area contributed by atoms with Gasteiger partial charge in [0.1, 0.15) is 16.4 Å². The summed E-state index contributed by atoms with van der Waals surface area (Å²) in [6.07, 6.45) is -1.17. The fourth-order valence-corrected chi connectivity index (χ4v) is 8.53. The Morgan fingerprint density at radius 1 is 1.04 bits per heavy atom. The summed E-state index contributed by atoms with van der Waals surface area (Å²) >= 11 is 0. The maximum Gasteiger partial charge on any atom is 0.416 e. The second-order valence-corrected chi connectivity index (χ2v) is 14.4. The topological polar surface area (TPSA) is 102 Å². The molecular formula is C32H34F3N3O6S. The highest BCUT2D eigenvalue weighted by Gasteiger charge is 2.62. The van der Waals surface area contributed by atoms with E-state index >= 15 is 0 Å². The number of benzene rings is 2. The predicted molar refractivity (Wildman–Crippen MR) is 155 cm³/mol. The van der Waals surface area contributed by atoms with Crippen LogP contribution in [0.3, 0.4) is 0 Å². The molecule has 0 N–H and O–H groups in total. The third-order valence-electron chi connectivity index (χ3n) is 10.3. The van der Waals surface area contributed by atoms with Crippen LogP contribution in [0.5, 0.6) is 11.6 Å². The number of halogens is 3. The first-order chi connectivity index (χ1) is 21.3. The van der Waals surface area contributed by atoms with E-state index in [-0.39, 0.29) is 41.1 Å². The Labute approximate surface area is 259 Å². The average molecular weight is 646 g/mol. The van der Waals surface area contributed by atoms with Gasteiger partial charge in [-0.1, -0.05) is 24.6 Å². The molecule has 2 saturated heterocycles. The number of ether oxygens (including phenoxy) is 1. The summed E-state index contributed by atoms with van der Waals surface area (Å²) in [5.74, 6) is 0.801. The van der Waals surface area contributed by atoms with Gasteiger partial charge in [0.25, 0.3) is 5.88 Å². The van der Waals surface area contributed by atoms with Crippen molar-refractivity contribution in [3.8, 4) is 11.6 Å². The van der Waals surface area contributed by atoms with Gasteiger partial charge in [-0.2, -0.15) is 21.6 Å². The number of carbonyl (C=O) groups is 1. The summed E-state index contributed by atoms with van der Waals surface area (Å²) in [6, 6.07) is 11.6. The van der Waals surface area contributed by atoms with Crippen molar-refractivity contribution >= 4 is 16.0 Å². The van der Waals surface area contributed by atoms with Gasteiger partial charge in [0, 0.05) is 29.5 Å². The van der Waals surface area contributed by atoms with Crippen LogP contribution in [0.4, 0.5) is 13.2 Å². The molecule has 1 saturated carbocycles. The number of aryl methyl sites for hydroxylation is 1. The number of fused-ring (bicyclic) bond motifs is 2. The zero-order valence-electron chi connectivity index (χ0n) is 24.9. The summed E-state index contributed by atoms with van der Waals surface area (Å²) in [5, 5.41) is 3.85. The Morgan fingerprint density at radius 2 is 1.78 bits per heavy atom. The molecule has 3 aromatic rings. The standard InChI is InChI=1S/C32H34F3N3O6S/c1-19-3-6-25(7-4-19)45(40,41)44-28-16-27(43-36-28)21-10-13-37(14-11-21)24-9-12-31(17-24)20(2)29-38(30(31)39)18-22-15-23(32(33,34)35)5-8-26(22)42-29/h3-8,15-16,20-21,24,29H,9-14,17-18H2,1-2H3/t20?,24-,29?,31+/m1/s1. The van der Waals surface area contributed by atoms with E-state index in [9.17, 15) is 26.4 Å². The zero-order chi connectivity index (χ0) is 31.7. The van der Waals surface area contributed by atoms with Crippen molar-refractivity contribution in [2.75, 3.05) is 13.1 Å². The highest BCUT2D eigenvalue weighted by molar-refractivity contribution is 7.87. The maximum atomic E-state index is 13.9. The largest absolute Gasteiger partial charge is 0.470 e. The number of carbonyl (C=O) groups excluding carboxylic acids is 1. The van der Waals surface area contributed by atoms with E-state index in [1.54, 1.807) is 23.1 Å². The average Bonchev–Trinajstić information content (AvgIpc) is 3.71.